The van der Waals surface area contributed by atoms with E-state index in [1.165, 1.54) is 0 Å². The van der Waals surface area contributed by atoms with Crippen LogP contribution in [-0.4, -0.2) is 75.8 Å². The summed E-state index contributed by atoms with van der Waals surface area (Å²) in [7, 11) is 0. The van der Waals surface area contributed by atoms with Gasteiger partial charge in [-0.05, 0) is 86.5 Å². The van der Waals surface area contributed by atoms with E-state index in [0.717, 1.165) is 37.7 Å². The fraction of sp³-hybridized carbons (Fsp3) is 0.862. The third-order valence-corrected chi connectivity index (χ3v) is 12.2. The first-order valence-electron chi connectivity index (χ1n) is 14.4. The molecule has 4 saturated carbocycles. The first kappa shape index (κ1) is 25.6. The molecule has 2 saturated heterocycles. The summed E-state index contributed by atoms with van der Waals surface area (Å²) >= 11 is 0. The van der Waals surface area contributed by atoms with E-state index in [1.54, 1.807) is 13.0 Å². The van der Waals surface area contributed by atoms with Crippen LogP contribution < -0.4 is 0 Å². The Kier molecular flexibility index (Phi) is 5.46. The summed E-state index contributed by atoms with van der Waals surface area (Å²) in [5, 5.41) is 35.1. The summed E-state index contributed by atoms with van der Waals surface area (Å²) < 4.78 is 23.4. The third kappa shape index (κ3) is 3.15. The first-order valence-corrected chi connectivity index (χ1v) is 14.4. The molecule has 0 bridgehead atoms. The second kappa shape index (κ2) is 8.10. The van der Waals surface area contributed by atoms with E-state index in [9.17, 15) is 24.9 Å². The molecule has 3 N–H and O–H groups in total. The zero-order chi connectivity index (χ0) is 26.8. The smallest absolute Gasteiger partial charge is 0.331 e. The van der Waals surface area contributed by atoms with Crippen LogP contribution in [0, 0.1) is 34.5 Å². The van der Waals surface area contributed by atoms with E-state index >= 15 is 0 Å². The van der Waals surface area contributed by atoms with Gasteiger partial charge in [0.15, 0.2) is 5.78 Å². The van der Waals surface area contributed by atoms with Gasteiger partial charge in [-0.25, -0.2) is 4.79 Å². The predicted octanol–water partition coefficient (Wildman–Crippen LogP) is 2.00. The Labute approximate surface area is 222 Å². The van der Waals surface area contributed by atoms with Crippen molar-refractivity contribution in [3.63, 3.8) is 0 Å². The molecule has 0 radical (unpaired) electrons. The number of hydrogen-bond acceptors (Lipinski definition) is 9. The van der Waals surface area contributed by atoms with Gasteiger partial charge in [-0.2, -0.15) is 0 Å². The molecular formula is C29H40O9. The molecule has 210 valence electrons. The van der Waals surface area contributed by atoms with Crippen LogP contribution in [0.3, 0.4) is 0 Å². The SMILES string of the molecule is CC1CC(=O)C2(O)OC3CC4(C)C(CCC5C4CCC4(C)C(C6=CC(=O)OC6)CC(O)C54O)CC3OC2O1. The Bertz CT molecular complexity index is 1090. The number of aliphatic hydroxyl groups is 3. The van der Waals surface area contributed by atoms with Gasteiger partial charge in [0.05, 0.1) is 30.0 Å². The standard InChI is InChI=1S/C29H40O9/c1-14-8-23(31)29(34)25(36-14)37-20-10-16-4-5-18-17(26(16,2)12-21(20)38-29)6-7-27(3)19(11-22(30)28(18,27)33)15-9-24(32)35-13-15/h9,14,16-22,25,30,33-34H,4-8,10-13H2,1-3H3. The Morgan fingerprint density at radius 1 is 1.00 bits per heavy atom. The van der Waals surface area contributed by atoms with Crippen LogP contribution in [-0.2, 0) is 28.5 Å². The zero-order valence-corrected chi connectivity index (χ0v) is 22.4. The largest absolute Gasteiger partial charge is 0.458 e. The lowest BCUT2D eigenvalue weighted by molar-refractivity contribution is -0.414. The second-order valence-electron chi connectivity index (χ2n) is 13.8. The fourth-order valence-electron chi connectivity index (χ4n) is 10.2. The van der Waals surface area contributed by atoms with E-state index < -0.39 is 41.1 Å². The minimum absolute atomic E-state index is 0.0794. The number of rotatable bonds is 1. The topological polar surface area (TPSA) is 132 Å². The molecule has 9 heteroatoms. The molecule has 0 aromatic carbocycles. The lowest BCUT2D eigenvalue weighted by Gasteiger charge is -2.65. The molecule has 7 rings (SSSR count). The number of cyclic esters (lactones) is 1. The Balaban J connectivity index is 1.18. The van der Waals surface area contributed by atoms with Crippen LogP contribution in [0.25, 0.3) is 0 Å². The van der Waals surface area contributed by atoms with Crippen molar-refractivity contribution in [1.29, 1.82) is 0 Å². The van der Waals surface area contributed by atoms with E-state index in [-0.39, 0.29) is 54.4 Å². The number of esters is 1. The molecule has 0 aromatic rings. The summed E-state index contributed by atoms with van der Waals surface area (Å²) in [4.78, 5) is 24.6. The van der Waals surface area contributed by atoms with E-state index in [2.05, 4.69) is 13.8 Å². The number of aliphatic hydroxyl groups excluding tert-OH is 1. The monoisotopic (exact) mass is 532 g/mol. The van der Waals surface area contributed by atoms with Crippen molar-refractivity contribution in [2.45, 2.75) is 114 Å². The van der Waals surface area contributed by atoms with Crippen molar-refractivity contribution in [3.05, 3.63) is 11.6 Å². The van der Waals surface area contributed by atoms with Crippen molar-refractivity contribution in [3.8, 4) is 0 Å². The highest BCUT2D eigenvalue weighted by molar-refractivity contribution is 5.87. The highest BCUT2D eigenvalue weighted by atomic mass is 16.8. The second-order valence-corrected chi connectivity index (χ2v) is 13.8. The molecule has 13 unspecified atom stereocenters. The maximum atomic E-state index is 12.8. The molecule has 0 amide bonds. The van der Waals surface area contributed by atoms with E-state index in [0.29, 0.717) is 18.8 Å². The number of carbonyl (C=O) groups is 2. The Morgan fingerprint density at radius 2 is 1.79 bits per heavy atom. The molecule has 0 aromatic heterocycles. The summed E-state index contributed by atoms with van der Waals surface area (Å²) in [5.41, 5.74) is -1.14. The average Bonchev–Trinajstić information content (AvgIpc) is 3.36. The number of ether oxygens (including phenoxy) is 4. The highest BCUT2D eigenvalue weighted by Crippen LogP contribution is 2.70. The van der Waals surface area contributed by atoms with Gasteiger partial charge in [-0.1, -0.05) is 13.8 Å². The van der Waals surface area contributed by atoms with Gasteiger partial charge in [0.2, 0.25) is 6.29 Å². The molecule has 9 nitrogen and oxygen atoms in total. The fourth-order valence-corrected chi connectivity index (χ4v) is 10.2. The Hall–Kier alpha value is -1.36. The van der Waals surface area contributed by atoms with Gasteiger partial charge >= 0.3 is 5.97 Å². The van der Waals surface area contributed by atoms with Crippen molar-refractivity contribution in [1.82, 2.24) is 0 Å². The molecule has 3 aliphatic heterocycles. The lowest BCUT2D eigenvalue weighted by atomic mass is 9.42. The summed E-state index contributed by atoms with van der Waals surface area (Å²) in [6.45, 7) is 6.38. The third-order valence-electron chi connectivity index (χ3n) is 12.2. The van der Waals surface area contributed by atoms with Crippen LogP contribution in [0.15, 0.2) is 11.6 Å². The summed E-state index contributed by atoms with van der Waals surface area (Å²) in [6.07, 6.45) is 3.72. The number of hydrogen-bond donors (Lipinski definition) is 3. The predicted molar refractivity (Wildman–Crippen MR) is 131 cm³/mol. The summed E-state index contributed by atoms with van der Waals surface area (Å²) in [6, 6.07) is 0. The van der Waals surface area contributed by atoms with Crippen LogP contribution >= 0.6 is 0 Å². The molecule has 7 aliphatic rings. The van der Waals surface area contributed by atoms with Gasteiger partial charge in [-0.15, -0.1) is 0 Å². The van der Waals surface area contributed by atoms with Crippen LogP contribution in [0.4, 0.5) is 0 Å². The number of fused-ring (bicyclic) bond motifs is 7. The molecule has 3 heterocycles. The van der Waals surface area contributed by atoms with E-state index in [4.69, 9.17) is 18.9 Å². The van der Waals surface area contributed by atoms with Crippen molar-refractivity contribution in [2.24, 2.45) is 34.5 Å². The normalized spacial score (nSPS) is 57.6. The maximum Gasteiger partial charge on any atom is 0.331 e. The van der Waals surface area contributed by atoms with Crippen LogP contribution in [0.5, 0.6) is 0 Å². The van der Waals surface area contributed by atoms with Crippen molar-refractivity contribution in [2.75, 3.05) is 6.61 Å². The minimum Gasteiger partial charge on any atom is -0.458 e. The quantitative estimate of drug-likeness (QED) is 0.343. The molecule has 0 spiro atoms. The first-order chi connectivity index (χ1) is 17.9. The van der Waals surface area contributed by atoms with Gasteiger partial charge in [0.1, 0.15) is 6.61 Å². The van der Waals surface area contributed by atoms with Gasteiger partial charge in [0, 0.05) is 17.9 Å². The average molecular weight is 533 g/mol. The Morgan fingerprint density at radius 3 is 2.53 bits per heavy atom. The summed E-state index contributed by atoms with van der Waals surface area (Å²) in [5.74, 6) is -2.55. The van der Waals surface area contributed by atoms with Gasteiger partial charge in [-0.3, -0.25) is 4.79 Å². The zero-order valence-electron chi connectivity index (χ0n) is 22.4. The molecule has 13 atom stereocenters. The van der Waals surface area contributed by atoms with Gasteiger partial charge in [0.25, 0.3) is 5.79 Å². The molecular weight excluding hydrogens is 492 g/mol. The van der Waals surface area contributed by atoms with Crippen LogP contribution in [0.2, 0.25) is 0 Å². The molecule has 6 fully saturated rings. The van der Waals surface area contributed by atoms with E-state index in [1.807, 2.05) is 0 Å². The number of carbonyl (C=O) groups excluding carboxylic acids is 2. The maximum absolute atomic E-state index is 12.8. The molecule has 38 heavy (non-hydrogen) atoms. The minimum atomic E-state index is -2.09. The van der Waals surface area contributed by atoms with Crippen molar-refractivity contribution < 1.29 is 43.9 Å². The lowest BCUT2D eigenvalue weighted by Crippen LogP contribution is -2.70. The highest BCUT2D eigenvalue weighted by Gasteiger charge is 2.72. The van der Waals surface area contributed by atoms with Gasteiger partial charge < -0.3 is 34.3 Å². The number of Topliss-reactive ketones (excluding diaryl/α,β-unsaturated/α-hetero) is 1. The van der Waals surface area contributed by atoms with Crippen LogP contribution in [0.1, 0.15) is 72.1 Å². The van der Waals surface area contributed by atoms with Crippen molar-refractivity contribution >= 4 is 11.8 Å². The molecule has 4 aliphatic carbocycles. The number of ketones is 1.